The predicted octanol–water partition coefficient (Wildman–Crippen LogP) is 4.32. The summed E-state index contributed by atoms with van der Waals surface area (Å²) in [5.41, 5.74) is 1.48. The first-order chi connectivity index (χ1) is 10.4. The van der Waals surface area contributed by atoms with Crippen molar-refractivity contribution in [2.45, 2.75) is 51.0 Å². The number of rotatable bonds is 6. The van der Waals surface area contributed by atoms with Crippen LogP contribution < -0.4 is 5.32 Å². The van der Waals surface area contributed by atoms with Gasteiger partial charge in [-0.25, -0.2) is 0 Å². The Labute approximate surface area is 129 Å². The normalized spacial score (nSPS) is 25.0. The van der Waals surface area contributed by atoms with E-state index in [0.29, 0.717) is 6.04 Å². The van der Waals surface area contributed by atoms with Gasteiger partial charge in [-0.3, -0.25) is 0 Å². The molecule has 0 bridgehead atoms. The first-order valence-corrected chi connectivity index (χ1v) is 8.79. The van der Waals surface area contributed by atoms with E-state index in [1.807, 2.05) is 0 Å². The second kappa shape index (κ2) is 7.95. The van der Waals surface area contributed by atoms with Crippen molar-refractivity contribution in [1.82, 2.24) is 5.32 Å². The highest BCUT2D eigenvalue weighted by atomic mass is 16.5. The zero-order valence-corrected chi connectivity index (χ0v) is 13.1. The van der Waals surface area contributed by atoms with Gasteiger partial charge >= 0.3 is 0 Å². The molecule has 116 valence electrons. The van der Waals surface area contributed by atoms with Crippen LogP contribution in [0.15, 0.2) is 30.3 Å². The van der Waals surface area contributed by atoms with E-state index in [4.69, 9.17) is 4.74 Å². The van der Waals surface area contributed by atoms with Crippen molar-refractivity contribution in [2.75, 3.05) is 19.8 Å². The Bertz CT molecular complexity index is 393. The molecular formula is C19H29NO. The van der Waals surface area contributed by atoms with Crippen LogP contribution in [-0.4, -0.2) is 19.8 Å². The molecule has 0 amide bonds. The smallest absolute Gasteiger partial charge is 0.0495 e. The highest BCUT2D eigenvalue weighted by molar-refractivity contribution is 5.19. The van der Waals surface area contributed by atoms with Gasteiger partial charge < -0.3 is 10.1 Å². The topological polar surface area (TPSA) is 21.3 Å². The summed E-state index contributed by atoms with van der Waals surface area (Å²) < 4.78 is 5.49. The van der Waals surface area contributed by atoms with E-state index in [9.17, 15) is 0 Å². The summed E-state index contributed by atoms with van der Waals surface area (Å²) in [5, 5.41) is 3.88. The molecule has 1 saturated heterocycles. The standard InChI is InChI=1S/C19H29NO/c1-3-7-17(8-4-1)19(18-9-5-2-6-10-18)20-13-11-16-12-14-21-15-16/h1,3-4,7-8,16,18-20H,2,5-6,9-15H2. The Balaban J connectivity index is 1.58. The molecule has 0 radical (unpaired) electrons. The Kier molecular flexibility index (Phi) is 5.70. The van der Waals surface area contributed by atoms with Gasteiger partial charge in [0.15, 0.2) is 0 Å². The lowest BCUT2D eigenvalue weighted by Gasteiger charge is -2.32. The summed E-state index contributed by atoms with van der Waals surface area (Å²) in [6, 6.07) is 11.6. The summed E-state index contributed by atoms with van der Waals surface area (Å²) in [7, 11) is 0. The van der Waals surface area contributed by atoms with Gasteiger partial charge in [-0.1, -0.05) is 49.6 Å². The molecule has 2 heteroatoms. The number of hydrogen-bond donors (Lipinski definition) is 1. The first-order valence-electron chi connectivity index (χ1n) is 8.79. The summed E-state index contributed by atoms with van der Waals surface area (Å²) in [5.74, 6) is 1.60. The van der Waals surface area contributed by atoms with E-state index in [1.54, 1.807) is 0 Å². The third-order valence-electron chi connectivity index (χ3n) is 5.22. The Morgan fingerprint density at radius 3 is 2.57 bits per heavy atom. The minimum Gasteiger partial charge on any atom is -0.381 e. The molecule has 2 fully saturated rings. The monoisotopic (exact) mass is 287 g/mol. The van der Waals surface area contributed by atoms with E-state index in [0.717, 1.165) is 31.6 Å². The quantitative estimate of drug-likeness (QED) is 0.841. The highest BCUT2D eigenvalue weighted by Gasteiger charge is 2.25. The minimum absolute atomic E-state index is 0.550. The third kappa shape index (κ3) is 4.31. The molecule has 1 aliphatic carbocycles. The molecule has 1 heterocycles. The molecule has 2 aliphatic rings. The summed E-state index contributed by atoms with van der Waals surface area (Å²) in [6.07, 6.45) is 9.53. The molecule has 2 atom stereocenters. The fourth-order valence-corrected chi connectivity index (χ4v) is 3.94. The van der Waals surface area contributed by atoms with E-state index >= 15 is 0 Å². The Morgan fingerprint density at radius 2 is 1.86 bits per heavy atom. The van der Waals surface area contributed by atoms with Gasteiger partial charge in [0.1, 0.15) is 0 Å². The van der Waals surface area contributed by atoms with Crippen LogP contribution in [0.4, 0.5) is 0 Å². The average molecular weight is 287 g/mol. The van der Waals surface area contributed by atoms with Crippen LogP contribution in [0, 0.1) is 11.8 Å². The van der Waals surface area contributed by atoms with Gasteiger partial charge in [-0.2, -0.15) is 0 Å². The fourth-order valence-electron chi connectivity index (χ4n) is 3.94. The van der Waals surface area contributed by atoms with Gasteiger partial charge in [0.2, 0.25) is 0 Å². The molecule has 1 saturated carbocycles. The highest BCUT2D eigenvalue weighted by Crippen LogP contribution is 2.34. The maximum atomic E-state index is 5.49. The van der Waals surface area contributed by atoms with Crippen LogP contribution in [0.25, 0.3) is 0 Å². The lowest BCUT2D eigenvalue weighted by molar-refractivity contribution is 0.183. The van der Waals surface area contributed by atoms with Crippen LogP contribution >= 0.6 is 0 Å². The fraction of sp³-hybridized carbons (Fsp3) is 0.684. The van der Waals surface area contributed by atoms with Gasteiger partial charge in [-0.15, -0.1) is 0 Å². The molecule has 1 aromatic carbocycles. The van der Waals surface area contributed by atoms with Crippen LogP contribution in [0.2, 0.25) is 0 Å². The molecule has 2 nitrogen and oxygen atoms in total. The number of benzene rings is 1. The number of ether oxygens (including phenoxy) is 1. The van der Waals surface area contributed by atoms with E-state index in [-0.39, 0.29) is 0 Å². The van der Waals surface area contributed by atoms with Crippen LogP contribution in [0.3, 0.4) is 0 Å². The van der Waals surface area contributed by atoms with E-state index in [1.165, 1.54) is 50.5 Å². The molecule has 1 aliphatic heterocycles. The summed E-state index contributed by atoms with van der Waals surface area (Å²) in [6.45, 7) is 3.07. The van der Waals surface area contributed by atoms with Gasteiger partial charge in [0.25, 0.3) is 0 Å². The first kappa shape index (κ1) is 15.1. The van der Waals surface area contributed by atoms with Crippen molar-refractivity contribution in [2.24, 2.45) is 11.8 Å². The lowest BCUT2D eigenvalue weighted by atomic mass is 9.81. The van der Waals surface area contributed by atoms with E-state index < -0.39 is 0 Å². The Morgan fingerprint density at radius 1 is 1.05 bits per heavy atom. The Hall–Kier alpha value is -0.860. The number of nitrogens with one attached hydrogen (secondary N) is 1. The van der Waals surface area contributed by atoms with Crippen molar-refractivity contribution in [1.29, 1.82) is 0 Å². The minimum atomic E-state index is 0.550. The molecule has 3 rings (SSSR count). The van der Waals surface area contributed by atoms with Gasteiger partial charge in [0.05, 0.1) is 0 Å². The maximum Gasteiger partial charge on any atom is 0.0495 e. The molecule has 2 unspecified atom stereocenters. The van der Waals surface area contributed by atoms with Crippen molar-refractivity contribution >= 4 is 0 Å². The van der Waals surface area contributed by atoms with Gasteiger partial charge in [-0.05, 0) is 49.6 Å². The predicted molar refractivity (Wildman–Crippen MR) is 87.3 cm³/mol. The molecule has 0 aromatic heterocycles. The SMILES string of the molecule is c1ccc(C(NCCC2CCOC2)C2CCCCC2)cc1. The maximum absolute atomic E-state index is 5.49. The van der Waals surface area contributed by atoms with Crippen LogP contribution in [0.5, 0.6) is 0 Å². The van der Waals surface area contributed by atoms with Gasteiger partial charge in [0, 0.05) is 19.3 Å². The zero-order chi connectivity index (χ0) is 14.3. The average Bonchev–Trinajstić information content (AvgIpc) is 3.07. The van der Waals surface area contributed by atoms with Crippen LogP contribution in [-0.2, 0) is 4.74 Å². The van der Waals surface area contributed by atoms with Crippen molar-refractivity contribution in [3.63, 3.8) is 0 Å². The zero-order valence-electron chi connectivity index (χ0n) is 13.1. The number of hydrogen-bond acceptors (Lipinski definition) is 2. The summed E-state index contributed by atoms with van der Waals surface area (Å²) >= 11 is 0. The molecule has 1 N–H and O–H groups in total. The van der Waals surface area contributed by atoms with Crippen molar-refractivity contribution in [3.8, 4) is 0 Å². The second-order valence-electron chi connectivity index (χ2n) is 6.76. The second-order valence-corrected chi connectivity index (χ2v) is 6.76. The molecule has 0 spiro atoms. The molecule has 1 aromatic rings. The lowest BCUT2D eigenvalue weighted by Crippen LogP contribution is -2.31. The third-order valence-corrected chi connectivity index (χ3v) is 5.22. The molecule has 21 heavy (non-hydrogen) atoms. The van der Waals surface area contributed by atoms with Crippen molar-refractivity contribution in [3.05, 3.63) is 35.9 Å². The molecular weight excluding hydrogens is 258 g/mol. The van der Waals surface area contributed by atoms with E-state index in [2.05, 4.69) is 35.6 Å². The summed E-state index contributed by atoms with van der Waals surface area (Å²) in [4.78, 5) is 0. The van der Waals surface area contributed by atoms with Crippen LogP contribution in [0.1, 0.15) is 56.6 Å². The largest absolute Gasteiger partial charge is 0.381 e. The van der Waals surface area contributed by atoms with Crippen molar-refractivity contribution < 1.29 is 4.74 Å².